The Labute approximate surface area is 106 Å². The number of carbonyl (C=O) groups excluding carboxylic acids is 1. The fourth-order valence-corrected chi connectivity index (χ4v) is 1.66. The number of carbonyl (C=O) groups is 1. The fourth-order valence-electron chi connectivity index (χ4n) is 1.03. The van der Waals surface area contributed by atoms with Crippen LogP contribution in [0.25, 0.3) is 0 Å². The molecule has 0 saturated heterocycles. The quantitative estimate of drug-likeness (QED) is 0.608. The minimum absolute atomic E-state index is 0.0219. The van der Waals surface area contributed by atoms with Crippen LogP contribution in [0.3, 0.4) is 0 Å². The lowest BCUT2D eigenvalue weighted by atomic mass is 10.2. The maximum absolute atomic E-state index is 11.5. The van der Waals surface area contributed by atoms with Crippen molar-refractivity contribution in [1.29, 1.82) is 0 Å². The van der Waals surface area contributed by atoms with Gasteiger partial charge in [-0.15, -0.1) is 11.5 Å². The summed E-state index contributed by atoms with van der Waals surface area (Å²) in [4.78, 5) is 11.5. The molecule has 0 heterocycles. The van der Waals surface area contributed by atoms with E-state index in [4.69, 9.17) is 4.74 Å². The molecule has 4 heteroatoms. The van der Waals surface area contributed by atoms with Crippen LogP contribution in [0.4, 0.5) is 4.79 Å². The lowest BCUT2D eigenvalue weighted by Gasteiger charge is -2.21. The van der Waals surface area contributed by atoms with Gasteiger partial charge in [0, 0.05) is 12.5 Å². The standard InChI is InChI=1S/C13H25NO2Si/c1-11(9-8-10-17(5,6)7)14-12(15)16-13(2,3)4/h11H,9H2,1-7H3,(H,14,15)/t11-/m1/s1. The molecular formula is C13H25NO2Si. The van der Waals surface area contributed by atoms with Gasteiger partial charge in [-0.2, -0.15) is 0 Å². The highest BCUT2D eigenvalue weighted by atomic mass is 28.3. The summed E-state index contributed by atoms with van der Waals surface area (Å²) >= 11 is 0. The molecule has 0 bridgehead atoms. The normalized spacial score (nSPS) is 13.4. The van der Waals surface area contributed by atoms with Gasteiger partial charge in [0.2, 0.25) is 0 Å². The second-order valence-corrected chi connectivity index (χ2v) is 11.1. The highest BCUT2D eigenvalue weighted by Gasteiger charge is 2.17. The zero-order chi connectivity index (χ0) is 13.7. The predicted octanol–water partition coefficient (Wildman–Crippen LogP) is 3.17. The maximum atomic E-state index is 11.5. The third kappa shape index (κ3) is 11.3. The summed E-state index contributed by atoms with van der Waals surface area (Å²) < 4.78 is 5.17. The molecule has 0 aliphatic heterocycles. The van der Waals surface area contributed by atoms with Crippen molar-refractivity contribution in [1.82, 2.24) is 5.32 Å². The zero-order valence-corrected chi connectivity index (χ0v) is 13.1. The molecule has 1 N–H and O–H groups in total. The van der Waals surface area contributed by atoms with Crippen LogP contribution in [0.2, 0.25) is 19.6 Å². The summed E-state index contributed by atoms with van der Waals surface area (Å²) in [5.41, 5.74) is 2.82. The monoisotopic (exact) mass is 255 g/mol. The van der Waals surface area contributed by atoms with Crippen molar-refractivity contribution in [3.63, 3.8) is 0 Å². The van der Waals surface area contributed by atoms with Crippen molar-refractivity contribution in [2.45, 2.75) is 65.4 Å². The molecule has 1 amide bonds. The summed E-state index contributed by atoms with van der Waals surface area (Å²) in [7, 11) is -1.31. The average Bonchev–Trinajstić information content (AvgIpc) is 1.96. The highest BCUT2D eigenvalue weighted by Crippen LogP contribution is 2.07. The van der Waals surface area contributed by atoms with Crippen molar-refractivity contribution < 1.29 is 9.53 Å². The van der Waals surface area contributed by atoms with Gasteiger partial charge in [0.25, 0.3) is 0 Å². The van der Waals surface area contributed by atoms with Crippen LogP contribution in [0.1, 0.15) is 34.1 Å². The van der Waals surface area contributed by atoms with Crippen molar-refractivity contribution in [2.24, 2.45) is 0 Å². The van der Waals surface area contributed by atoms with Gasteiger partial charge in [0.15, 0.2) is 0 Å². The Morgan fingerprint density at radius 2 is 1.88 bits per heavy atom. The first kappa shape index (κ1) is 16.0. The van der Waals surface area contributed by atoms with E-state index in [1.54, 1.807) is 0 Å². The SMILES string of the molecule is C[C@H](CC#C[Si](C)(C)C)NC(=O)OC(C)(C)C. The highest BCUT2D eigenvalue weighted by molar-refractivity contribution is 6.83. The molecule has 0 fully saturated rings. The van der Waals surface area contributed by atoms with Crippen molar-refractivity contribution >= 4 is 14.2 Å². The number of hydrogen-bond donors (Lipinski definition) is 1. The van der Waals surface area contributed by atoms with Gasteiger partial charge in [0.1, 0.15) is 13.7 Å². The molecule has 17 heavy (non-hydrogen) atoms. The first-order valence-corrected chi connectivity index (χ1v) is 9.49. The van der Waals surface area contributed by atoms with Gasteiger partial charge in [0.05, 0.1) is 0 Å². The maximum Gasteiger partial charge on any atom is 0.407 e. The Hall–Kier alpha value is -0.953. The summed E-state index contributed by atoms with van der Waals surface area (Å²) in [6.07, 6.45) is 0.295. The summed E-state index contributed by atoms with van der Waals surface area (Å²) in [5, 5.41) is 2.77. The minimum atomic E-state index is -1.31. The largest absolute Gasteiger partial charge is 0.444 e. The molecule has 0 aliphatic carbocycles. The van der Waals surface area contributed by atoms with Crippen LogP contribution in [0.5, 0.6) is 0 Å². The number of nitrogens with one attached hydrogen (secondary N) is 1. The molecule has 0 aromatic carbocycles. The third-order valence-electron chi connectivity index (χ3n) is 1.63. The van der Waals surface area contributed by atoms with Crippen LogP contribution in [0.15, 0.2) is 0 Å². The van der Waals surface area contributed by atoms with Gasteiger partial charge in [-0.1, -0.05) is 19.6 Å². The predicted molar refractivity (Wildman–Crippen MR) is 74.6 cm³/mol. The lowest BCUT2D eigenvalue weighted by Crippen LogP contribution is -2.37. The van der Waals surface area contributed by atoms with E-state index in [2.05, 4.69) is 36.4 Å². The number of amides is 1. The van der Waals surface area contributed by atoms with Crippen LogP contribution in [-0.4, -0.2) is 25.8 Å². The molecule has 0 unspecified atom stereocenters. The number of alkyl carbamates (subject to hydrolysis) is 1. The molecule has 1 atom stereocenters. The van der Waals surface area contributed by atoms with E-state index in [9.17, 15) is 4.79 Å². The summed E-state index contributed by atoms with van der Waals surface area (Å²) in [6.45, 7) is 14.1. The second-order valence-electron chi connectivity index (χ2n) is 6.30. The first-order valence-electron chi connectivity index (χ1n) is 5.99. The van der Waals surface area contributed by atoms with Gasteiger partial charge in [-0.05, 0) is 27.7 Å². The van der Waals surface area contributed by atoms with Crippen molar-refractivity contribution in [2.75, 3.05) is 0 Å². The van der Waals surface area contributed by atoms with Crippen molar-refractivity contribution in [3.05, 3.63) is 0 Å². The van der Waals surface area contributed by atoms with Crippen molar-refractivity contribution in [3.8, 4) is 11.5 Å². The smallest absolute Gasteiger partial charge is 0.407 e. The number of hydrogen-bond acceptors (Lipinski definition) is 2. The van der Waals surface area contributed by atoms with E-state index < -0.39 is 13.7 Å². The van der Waals surface area contributed by atoms with E-state index in [0.717, 1.165) is 0 Å². The average molecular weight is 255 g/mol. The van der Waals surface area contributed by atoms with E-state index in [1.165, 1.54) is 0 Å². The van der Waals surface area contributed by atoms with Crippen LogP contribution in [0, 0.1) is 11.5 Å². The van der Waals surface area contributed by atoms with Crippen LogP contribution in [-0.2, 0) is 4.74 Å². The first-order chi connectivity index (χ1) is 7.49. The second kappa shape index (κ2) is 6.11. The van der Waals surface area contributed by atoms with E-state index in [1.807, 2.05) is 27.7 Å². The summed E-state index contributed by atoms with van der Waals surface area (Å²) in [5.74, 6) is 3.13. The van der Waals surface area contributed by atoms with E-state index in [-0.39, 0.29) is 12.1 Å². The number of ether oxygens (including phenoxy) is 1. The third-order valence-corrected chi connectivity index (χ3v) is 2.56. The lowest BCUT2D eigenvalue weighted by molar-refractivity contribution is 0.0509. The van der Waals surface area contributed by atoms with E-state index >= 15 is 0 Å². The Balaban J connectivity index is 4.06. The molecule has 0 rings (SSSR count). The molecule has 0 spiro atoms. The Morgan fingerprint density at radius 1 is 1.35 bits per heavy atom. The molecule has 98 valence electrons. The van der Waals surface area contributed by atoms with Gasteiger partial charge >= 0.3 is 6.09 Å². The topological polar surface area (TPSA) is 38.3 Å². The Kier molecular flexibility index (Phi) is 5.77. The molecule has 3 nitrogen and oxygen atoms in total. The van der Waals surface area contributed by atoms with Gasteiger partial charge < -0.3 is 10.1 Å². The van der Waals surface area contributed by atoms with Gasteiger partial charge in [-0.25, -0.2) is 4.79 Å². The van der Waals surface area contributed by atoms with Gasteiger partial charge in [-0.3, -0.25) is 0 Å². The molecule has 0 radical (unpaired) electrons. The molecule has 0 aromatic rings. The van der Waals surface area contributed by atoms with Crippen LogP contribution < -0.4 is 5.32 Å². The Morgan fingerprint density at radius 3 is 2.29 bits per heavy atom. The Bertz CT molecular complexity index is 315. The molecule has 0 aromatic heterocycles. The molecular weight excluding hydrogens is 230 g/mol. The molecule has 0 aliphatic rings. The van der Waals surface area contributed by atoms with Crippen LogP contribution >= 0.6 is 0 Å². The fraction of sp³-hybridized carbons (Fsp3) is 0.769. The minimum Gasteiger partial charge on any atom is -0.444 e. The molecule has 0 saturated carbocycles. The van der Waals surface area contributed by atoms with E-state index in [0.29, 0.717) is 6.42 Å². The zero-order valence-electron chi connectivity index (χ0n) is 12.1. The number of rotatable bonds is 2. The summed E-state index contributed by atoms with van der Waals surface area (Å²) in [6, 6.07) is 0.0219.